The van der Waals surface area contributed by atoms with Crippen LogP contribution in [0.4, 0.5) is 0 Å². The summed E-state index contributed by atoms with van der Waals surface area (Å²) in [7, 11) is 3.71. The molecule has 0 radical (unpaired) electrons. The smallest absolute Gasteiger partial charge is 0.156 e. The van der Waals surface area contributed by atoms with Crippen LogP contribution in [0, 0.1) is 0 Å². The Labute approximate surface area is 136 Å². The molecule has 2 rings (SSSR count). The van der Waals surface area contributed by atoms with Crippen molar-refractivity contribution in [1.29, 1.82) is 0 Å². The van der Waals surface area contributed by atoms with Crippen LogP contribution < -0.4 is 10.5 Å². The van der Waals surface area contributed by atoms with Crippen molar-refractivity contribution in [3.63, 3.8) is 0 Å². The van der Waals surface area contributed by atoms with Gasteiger partial charge in [0.1, 0.15) is 0 Å². The van der Waals surface area contributed by atoms with Gasteiger partial charge in [-0.1, -0.05) is 23.2 Å². The molecule has 1 heterocycles. The van der Waals surface area contributed by atoms with Crippen LogP contribution in [-0.2, 0) is 0 Å². The van der Waals surface area contributed by atoms with Gasteiger partial charge in [-0.05, 0) is 31.7 Å². The van der Waals surface area contributed by atoms with Gasteiger partial charge in [0, 0.05) is 38.3 Å². The standard InChI is InChI=1S/C15H23Cl2N3O/c1-10-9-19(2)4-5-20(10)14(8-18)11-6-12(16)15(21-3)13(17)7-11/h6-7,10,14H,4-5,8-9,18H2,1-3H3. The maximum Gasteiger partial charge on any atom is 0.156 e. The summed E-state index contributed by atoms with van der Waals surface area (Å²) in [6, 6.07) is 4.38. The number of likely N-dealkylation sites (N-methyl/N-ethyl adjacent to an activating group) is 1. The molecule has 0 spiro atoms. The first-order valence-corrected chi connectivity index (χ1v) is 7.90. The monoisotopic (exact) mass is 331 g/mol. The van der Waals surface area contributed by atoms with E-state index in [0.29, 0.717) is 28.4 Å². The normalized spacial score (nSPS) is 22.3. The summed E-state index contributed by atoms with van der Waals surface area (Å²) < 4.78 is 5.21. The van der Waals surface area contributed by atoms with Gasteiger partial charge >= 0.3 is 0 Å². The first-order chi connectivity index (χ1) is 9.97. The molecule has 0 saturated carbocycles. The Bertz CT molecular complexity index is 475. The molecule has 0 aliphatic carbocycles. The molecule has 0 amide bonds. The number of hydrogen-bond acceptors (Lipinski definition) is 4. The lowest BCUT2D eigenvalue weighted by Gasteiger charge is -2.42. The van der Waals surface area contributed by atoms with Gasteiger partial charge in [-0.25, -0.2) is 0 Å². The molecule has 2 unspecified atom stereocenters. The largest absolute Gasteiger partial charge is 0.494 e. The molecule has 4 nitrogen and oxygen atoms in total. The Balaban J connectivity index is 2.29. The maximum absolute atomic E-state index is 6.26. The van der Waals surface area contributed by atoms with E-state index < -0.39 is 0 Å². The fourth-order valence-electron chi connectivity index (χ4n) is 3.05. The number of nitrogens with two attached hydrogens (primary N) is 1. The molecule has 1 aliphatic rings. The second-order valence-electron chi connectivity index (χ2n) is 5.62. The van der Waals surface area contributed by atoms with E-state index in [1.807, 2.05) is 12.1 Å². The van der Waals surface area contributed by atoms with Crippen molar-refractivity contribution < 1.29 is 4.74 Å². The van der Waals surface area contributed by atoms with E-state index in [2.05, 4.69) is 23.8 Å². The second kappa shape index (κ2) is 7.16. The summed E-state index contributed by atoms with van der Waals surface area (Å²) in [5.74, 6) is 0.518. The van der Waals surface area contributed by atoms with Crippen molar-refractivity contribution in [2.45, 2.75) is 19.0 Å². The zero-order chi connectivity index (χ0) is 15.6. The average molecular weight is 332 g/mol. The predicted octanol–water partition coefficient (Wildman–Crippen LogP) is 2.64. The van der Waals surface area contributed by atoms with E-state index in [0.717, 1.165) is 25.2 Å². The van der Waals surface area contributed by atoms with E-state index >= 15 is 0 Å². The Kier molecular flexibility index (Phi) is 5.74. The molecule has 1 aromatic rings. The van der Waals surface area contributed by atoms with E-state index in [-0.39, 0.29) is 6.04 Å². The number of ether oxygens (including phenoxy) is 1. The van der Waals surface area contributed by atoms with Gasteiger partial charge in [-0.2, -0.15) is 0 Å². The SMILES string of the molecule is COc1c(Cl)cc(C(CN)N2CCN(C)CC2C)cc1Cl. The van der Waals surface area contributed by atoms with E-state index in [1.54, 1.807) is 7.11 Å². The van der Waals surface area contributed by atoms with Crippen molar-refractivity contribution in [2.75, 3.05) is 40.3 Å². The molecule has 6 heteroatoms. The van der Waals surface area contributed by atoms with Crippen LogP contribution in [-0.4, -0.2) is 56.2 Å². The molecular weight excluding hydrogens is 309 g/mol. The Hall–Kier alpha value is -0.520. The predicted molar refractivity (Wildman–Crippen MR) is 88.5 cm³/mol. The van der Waals surface area contributed by atoms with Crippen LogP contribution in [0.5, 0.6) is 5.75 Å². The number of benzene rings is 1. The van der Waals surface area contributed by atoms with Gasteiger partial charge in [0.25, 0.3) is 0 Å². The molecule has 1 saturated heterocycles. The van der Waals surface area contributed by atoms with Crippen LogP contribution >= 0.6 is 23.2 Å². The first kappa shape index (κ1) is 16.8. The van der Waals surface area contributed by atoms with Crippen LogP contribution in [0.15, 0.2) is 12.1 Å². The molecule has 118 valence electrons. The van der Waals surface area contributed by atoms with E-state index in [1.165, 1.54) is 0 Å². The number of hydrogen-bond donors (Lipinski definition) is 1. The highest BCUT2D eigenvalue weighted by atomic mass is 35.5. The summed E-state index contributed by atoms with van der Waals surface area (Å²) in [4.78, 5) is 4.76. The zero-order valence-corrected chi connectivity index (χ0v) is 14.3. The summed E-state index contributed by atoms with van der Waals surface area (Å²) in [6.07, 6.45) is 0. The minimum atomic E-state index is 0.120. The van der Waals surface area contributed by atoms with E-state index in [9.17, 15) is 0 Å². The second-order valence-corrected chi connectivity index (χ2v) is 6.43. The van der Waals surface area contributed by atoms with Gasteiger partial charge in [-0.3, -0.25) is 4.90 Å². The van der Waals surface area contributed by atoms with Crippen molar-refractivity contribution in [2.24, 2.45) is 5.73 Å². The fraction of sp³-hybridized carbons (Fsp3) is 0.600. The highest BCUT2D eigenvalue weighted by Crippen LogP contribution is 2.37. The highest BCUT2D eigenvalue weighted by molar-refractivity contribution is 6.37. The molecule has 21 heavy (non-hydrogen) atoms. The number of piperazine rings is 1. The quantitative estimate of drug-likeness (QED) is 0.920. The van der Waals surface area contributed by atoms with Crippen LogP contribution in [0.3, 0.4) is 0 Å². The average Bonchev–Trinajstić information content (AvgIpc) is 2.41. The van der Waals surface area contributed by atoms with Crippen LogP contribution in [0.1, 0.15) is 18.5 Å². The zero-order valence-electron chi connectivity index (χ0n) is 12.8. The van der Waals surface area contributed by atoms with Crippen molar-refractivity contribution in [3.8, 4) is 5.75 Å². The Morgan fingerprint density at radius 2 is 1.95 bits per heavy atom. The lowest BCUT2D eigenvalue weighted by Crippen LogP contribution is -2.52. The fourth-order valence-corrected chi connectivity index (χ4v) is 3.70. The Morgan fingerprint density at radius 1 is 1.33 bits per heavy atom. The van der Waals surface area contributed by atoms with Crippen LogP contribution in [0.2, 0.25) is 10.0 Å². The molecular formula is C15H23Cl2N3O. The third-order valence-corrected chi connectivity index (χ3v) is 4.68. The van der Waals surface area contributed by atoms with Gasteiger partial charge in [0.2, 0.25) is 0 Å². The van der Waals surface area contributed by atoms with Crippen LogP contribution in [0.25, 0.3) is 0 Å². The molecule has 1 aromatic carbocycles. The maximum atomic E-state index is 6.26. The van der Waals surface area contributed by atoms with Gasteiger partial charge in [0.05, 0.1) is 17.2 Å². The molecule has 2 N–H and O–H groups in total. The third kappa shape index (κ3) is 3.63. The molecule has 1 aliphatic heterocycles. The number of nitrogens with zero attached hydrogens (tertiary/aromatic N) is 2. The first-order valence-electron chi connectivity index (χ1n) is 7.15. The van der Waals surface area contributed by atoms with Gasteiger partial charge < -0.3 is 15.4 Å². The van der Waals surface area contributed by atoms with Crippen molar-refractivity contribution in [1.82, 2.24) is 9.80 Å². The molecule has 0 aromatic heterocycles. The van der Waals surface area contributed by atoms with Crippen molar-refractivity contribution in [3.05, 3.63) is 27.7 Å². The number of rotatable bonds is 4. The highest BCUT2D eigenvalue weighted by Gasteiger charge is 2.29. The number of halogens is 2. The van der Waals surface area contributed by atoms with Gasteiger partial charge in [0.15, 0.2) is 5.75 Å². The minimum Gasteiger partial charge on any atom is -0.494 e. The van der Waals surface area contributed by atoms with E-state index in [4.69, 9.17) is 33.7 Å². The topological polar surface area (TPSA) is 41.7 Å². The minimum absolute atomic E-state index is 0.120. The molecule has 1 fully saturated rings. The number of methoxy groups -OCH3 is 1. The lowest BCUT2D eigenvalue weighted by atomic mass is 10.0. The summed E-state index contributed by atoms with van der Waals surface area (Å²) >= 11 is 12.5. The van der Waals surface area contributed by atoms with Crippen molar-refractivity contribution >= 4 is 23.2 Å². The Morgan fingerprint density at radius 3 is 2.43 bits per heavy atom. The molecule has 2 atom stereocenters. The summed E-state index contributed by atoms with van der Waals surface area (Å²) in [5, 5.41) is 1.06. The summed E-state index contributed by atoms with van der Waals surface area (Å²) in [5.41, 5.74) is 7.08. The van der Waals surface area contributed by atoms with Gasteiger partial charge in [-0.15, -0.1) is 0 Å². The molecule has 0 bridgehead atoms. The third-order valence-electron chi connectivity index (χ3n) is 4.12. The lowest BCUT2D eigenvalue weighted by molar-refractivity contribution is 0.0635. The summed E-state index contributed by atoms with van der Waals surface area (Å²) in [6.45, 7) is 5.82.